The molecule has 0 unspecified atom stereocenters. The van der Waals surface area contributed by atoms with Gasteiger partial charge in [-0.1, -0.05) is 30.3 Å². The van der Waals surface area contributed by atoms with Crippen LogP contribution >= 0.6 is 0 Å². The van der Waals surface area contributed by atoms with Crippen molar-refractivity contribution in [1.82, 2.24) is 0 Å². The van der Waals surface area contributed by atoms with Crippen LogP contribution in [0.1, 0.15) is 11.1 Å². The van der Waals surface area contributed by atoms with Gasteiger partial charge in [0.2, 0.25) is 5.91 Å². The lowest BCUT2D eigenvalue weighted by molar-refractivity contribution is -0.137. The fourth-order valence-electron chi connectivity index (χ4n) is 1.89. The number of ether oxygens (including phenoxy) is 1. The van der Waals surface area contributed by atoms with E-state index < -0.39 is 17.6 Å². The molecule has 6 heteroatoms. The van der Waals surface area contributed by atoms with Gasteiger partial charge in [-0.25, -0.2) is 0 Å². The number of halogens is 3. The van der Waals surface area contributed by atoms with Crippen LogP contribution < -0.4 is 10.1 Å². The molecule has 2 rings (SSSR count). The molecule has 0 aliphatic carbocycles. The van der Waals surface area contributed by atoms with E-state index in [4.69, 9.17) is 4.74 Å². The first kappa shape index (κ1) is 16.6. The van der Waals surface area contributed by atoms with Crippen LogP contribution in [-0.2, 0) is 11.0 Å². The number of methoxy groups -OCH3 is 1. The highest BCUT2D eigenvalue weighted by atomic mass is 19.4. The molecule has 0 aromatic heterocycles. The Kier molecular flexibility index (Phi) is 5.05. The van der Waals surface area contributed by atoms with Crippen molar-refractivity contribution in [3.63, 3.8) is 0 Å². The highest BCUT2D eigenvalue weighted by molar-refractivity contribution is 6.02. The van der Waals surface area contributed by atoms with Crippen molar-refractivity contribution >= 4 is 17.7 Å². The zero-order valence-corrected chi connectivity index (χ0v) is 12.2. The first-order valence-electron chi connectivity index (χ1n) is 6.69. The molecule has 0 spiro atoms. The van der Waals surface area contributed by atoms with Crippen LogP contribution in [0.3, 0.4) is 0 Å². The second-order valence-corrected chi connectivity index (χ2v) is 4.65. The monoisotopic (exact) mass is 321 g/mol. The predicted octanol–water partition coefficient (Wildman–Crippen LogP) is 4.37. The average Bonchev–Trinajstić information content (AvgIpc) is 2.53. The Labute approximate surface area is 131 Å². The van der Waals surface area contributed by atoms with E-state index in [1.165, 1.54) is 19.3 Å². The molecule has 0 fully saturated rings. The number of amides is 1. The summed E-state index contributed by atoms with van der Waals surface area (Å²) in [5.74, 6) is -0.397. The fourth-order valence-corrected chi connectivity index (χ4v) is 1.89. The van der Waals surface area contributed by atoms with Gasteiger partial charge in [0.15, 0.2) is 0 Å². The van der Waals surface area contributed by atoms with E-state index in [1.807, 2.05) is 18.2 Å². The normalized spacial score (nSPS) is 11.5. The van der Waals surface area contributed by atoms with Gasteiger partial charge in [-0.2, -0.15) is 13.2 Å². The first-order valence-corrected chi connectivity index (χ1v) is 6.69. The third-order valence-corrected chi connectivity index (χ3v) is 3.01. The predicted molar refractivity (Wildman–Crippen MR) is 82.1 cm³/mol. The minimum Gasteiger partial charge on any atom is -0.495 e. The maximum atomic E-state index is 12.7. The molecule has 0 bridgehead atoms. The van der Waals surface area contributed by atoms with Crippen LogP contribution in [0.5, 0.6) is 5.75 Å². The van der Waals surface area contributed by atoms with Crippen molar-refractivity contribution < 1.29 is 22.7 Å². The summed E-state index contributed by atoms with van der Waals surface area (Å²) >= 11 is 0. The van der Waals surface area contributed by atoms with Gasteiger partial charge in [-0.3, -0.25) is 4.79 Å². The molecule has 1 N–H and O–H groups in total. The summed E-state index contributed by atoms with van der Waals surface area (Å²) in [7, 11) is 1.32. The Balaban J connectivity index is 2.18. The number of anilines is 1. The molecular formula is C17H14F3NO2. The van der Waals surface area contributed by atoms with Crippen molar-refractivity contribution in [2.24, 2.45) is 0 Å². The minimum absolute atomic E-state index is 0.0370. The Morgan fingerprint density at radius 1 is 1.13 bits per heavy atom. The molecule has 0 heterocycles. The van der Waals surface area contributed by atoms with Crippen LogP contribution in [0.4, 0.5) is 18.9 Å². The van der Waals surface area contributed by atoms with E-state index in [9.17, 15) is 18.0 Å². The van der Waals surface area contributed by atoms with Gasteiger partial charge >= 0.3 is 6.18 Å². The number of hydrogen-bond acceptors (Lipinski definition) is 2. The number of alkyl halides is 3. The summed E-state index contributed by atoms with van der Waals surface area (Å²) in [6.07, 6.45) is -1.68. The van der Waals surface area contributed by atoms with E-state index in [2.05, 4.69) is 5.32 Å². The van der Waals surface area contributed by atoms with E-state index in [0.717, 1.165) is 17.7 Å². The largest absolute Gasteiger partial charge is 0.495 e. The number of nitrogens with one attached hydrogen (secondary N) is 1. The lowest BCUT2D eigenvalue weighted by Gasteiger charge is -2.12. The van der Waals surface area contributed by atoms with Crippen LogP contribution in [0.15, 0.2) is 54.6 Å². The smallest absolute Gasteiger partial charge is 0.416 e. The van der Waals surface area contributed by atoms with Gasteiger partial charge in [0, 0.05) is 6.08 Å². The Morgan fingerprint density at radius 3 is 2.43 bits per heavy atom. The Bertz CT molecular complexity index is 710. The standard InChI is InChI=1S/C17H14F3NO2/c1-23-15-9-8-13(17(18,19)20)11-14(15)21-16(22)10-7-12-5-3-2-4-6-12/h2-11H,1H3,(H,21,22)/b10-7+. The highest BCUT2D eigenvalue weighted by Gasteiger charge is 2.31. The van der Waals surface area contributed by atoms with E-state index in [0.29, 0.717) is 0 Å². The van der Waals surface area contributed by atoms with Crippen LogP contribution in [0.2, 0.25) is 0 Å². The maximum Gasteiger partial charge on any atom is 0.416 e. The average molecular weight is 321 g/mol. The van der Waals surface area contributed by atoms with Crippen LogP contribution in [0.25, 0.3) is 6.08 Å². The third kappa shape index (κ3) is 4.60. The number of benzene rings is 2. The summed E-state index contributed by atoms with van der Waals surface area (Å²) in [5.41, 5.74) is -0.0932. The fraction of sp³-hybridized carbons (Fsp3) is 0.118. The molecule has 23 heavy (non-hydrogen) atoms. The van der Waals surface area contributed by atoms with Gasteiger partial charge < -0.3 is 10.1 Å². The lowest BCUT2D eigenvalue weighted by Crippen LogP contribution is -2.11. The van der Waals surface area contributed by atoms with Crippen molar-refractivity contribution in [2.45, 2.75) is 6.18 Å². The Hall–Kier alpha value is -2.76. The number of rotatable bonds is 4. The van der Waals surface area contributed by atoms with E-state index in [-0.39, 0.29) is 11.4 Å². The summed E-state index contributed by atoms with van der Waals surface area (Å²) in [4.78, 5) is 11.9. The summed E-state index contributed by atoms with van der Waals surface area (Å²) < 4.78 is 43.2. The van der Waals surface area contributed by atoms with Gasteiger partial charge in [-0.15, -0.1) is 0 Å². The zero-order valence-electron chi connectivity index (χ0n) is 12.2. The zero-order chi connectivity index (χ0) is 16.9. The number of carbonyl (C=O) groups is 1. The van der Waals surface area contributed by atoms with Crippen molar-refractivity contribution in [1.29, 1.82) is 0 Å². The molecule has 0 atom stereocenters. The lowest BCUT2D eigenvalue weighted by atomic mass is 10.1. The molecule has 0 saturated carbocycles. The molecule has 0 radical (unpaired) electrons. The molecule has 0 aliphatic rings. The summed E-state index contributed by atoms with van der Waals surface area (Å²) in [6, 6.07) is 12.0. The molecule has 3 nitrogen and oxygen atoms in total. The number of hydrogen-bond donors (Lipinski definition) is 1. The Morgan fingerprint density at radius 2 is 1.83 bits per heavy atom. The topological polar surface area (TPSA) is 38.3 Å². The quantitative estimate of drug-likeness (QED) is 0.850. The molecular weight excluding hydrogens is 307 g/mol. The van der Waals surface area contributed by atoms with Gasteiger partial charge in [0.05, 0.1) is 18.4 Å². The van der Waals surface area contributed by atoms with E-state index in [1.54, 1.807) is 18.2 Å². The van der Waals surface area contributed by atoms with Crippen molar-refractivity contribution in [3.05, 3.63) is 65.7 Å². The first-order chi connectivity index (χ1) is 10.9. The molecule has 2 aromatic rings. The summed E-state index contributed by atoms with van der Waals surface area (Å²) in [6.45, 7) is 0. The van der Waals surface area contributed by atoms with E-state index >= 15 is 0 Å². The molecule has 1 amide bonds. The van der Waals surface area contributed by atoms with Crippen LogP contribution in [-0.4, -0.2) is 13.0 Å². The summed E-state index contributed by atoms with van der Waals surface area (Å²) in [5, 5.41) is 2.39. The second kappa shape index (κ2) is 7.00. The molecule has 0 aliphatic heterocycles. The van der Waals surface area contributed by atoms with Gasteiger partial charge in [0.25, 0.3) is 0 Å². The number of carbonyl (C=O) groups excluding carboxylic acids is 1. The third-order valence-electron chi connectivity index (χ3n) is 3.01. The minimum atomic E-state index is -4.49. The molecule has 0 saturated heterocycles. The van der Waals surface area contributed by atoms with Crippen molar-refractivity contribution in [2.75, 3.05) is 12.4 Å². The molecule has 2 aromatic carbocycles. The van der Waals surface area contributed by atoms with Gasteiger partial charge in [-0.05, 0) is 29.8 Å². The van der Waals surface area contributed by atoms with Crippen LogP contribution in [0, 0.1) is 0 Å². The second-order valence-electron chi connectivity index (χ2n) is 4.65. The molecule has 120 valence electrons. The highest BCUT2D eigenvalue weighted by Crippen LogP contribution is 2.34. The maximum absolute atomic E-state index is 12.7. The van der Waals surface area contributed by atoms with Crippen molar-refractivity contribution in [3.8, 4) is 5.75 Å². The SMILES string of the molecule is COc1ccc(C(F)(F)F)cc1NC(=O)/C=C/c1ccccc1. The van der Waals surface area contributed by atoms with Gasteiger partial charge in [0.1, 0.15) is 5.75 Å².